The van der Waals surface area contributed by atoms with Crippen molar-refractivity contribution in [3.05, 3.63) is 64.7 Å². The number of ether oxygens (including phenoxy) is 1. The molecule has 2 aromatic rings. The van der Waals surface area contributed by atoms with Gasteiger partial charge in [-0.2, -0.15) is 0 Å². The van der Waals surface area contributed by atoms with Crippen LogP contribution in [-0.4, -0.2) is 17.0 Å². The molecule has 2 aromatic carbocycles. The van der Waals surface area contributed by atoms with E-state index in [1.165, 1.54) is 0 Å². The average Bonchev–Trinajstić information content (AvgIpc) is 2.44. The Balaban J connectivity index is 2.01. The van der Waals surface area contributed by atoms with Gasteiger partial charge in [0.1, 0.15) is 5.75 Å². The van der Waals surface area contributed by atoms with Crippen molar-refractivity contribution < 1.29 is 14.6 Å². The molecule has 0 radical (unpaired) electrons. The Morgan fingerprint density at radius 3 is 2.47 bits per heavy atom. The number of rotatable bonds is 1. The van der Waals surface area contributed by atoms with E-state index in [1.807, 2.05) is 0 Å². The van der Waals surface area contributed by atoms with Crippen LogP contribution in [-0.2, 0) is 0 Å². The molecule has 2 atom stereocenters. The Hall–Kier alpha value is -1.84. The summed E-state index contributed by atoms with van der Waals surface area (Å²) in [6.07, 6.45) is -1.89. The summed E-state index contributed by atoms with van der Waals surface area (Å²) in [5.41, 5.74) is 1.14. The van der Waals surface area contributed by atoms with Gasteiger partial charge in [-0.25, -0.2) is 0 Å². The Kier molecular flexibility index (Phi) is 3.01. The van der Waals surface area contributed by atoms with E-state index < -0.39 is 12.2 Å². The first-order valence-electron chi connectivity index (χ1n) is 5.90. The van der Waals surface area contributed by atoms with Gasteiger partial charge in [0.15, 0.2) is 18.0 Å². The highest BCUT2D eigenvalue weighted by molar-refractivity contribution is 6.30. The first-order valence-corrected chi connectivity index (χ1v) is 6.28. The van der Waals surface area contributed by atoms with Crippen molar-refractivity contribution in [3.8, 4) is 5.75 Å². The van der Waals surface area contributed by atoms with Crippen LogP contribution in [0.25, 0.3) is 0 Å². The minimum Gasteiger partial charge on any atom is -0.482 e. The first kappa shape index (κ1) is 12.2. The number of para-hydroxylation sites is 1. The fourth-order valence-electron chi connectivity index (χ4n) is 2.17. The molecule has 2 unspecified atom stereocenters. The zero-order chi connectivity index (χ0) is 13.4. The molecule has 1 aliphatic rings. The number of ketones is 1. The summed E-state index contributed by atoms with van der Waals surface area (Å²) in [7, 11) is 0. The molecular formula is C15H11ClO3. The molecule has 3 nitrogen and oxygen atoms in total. The predicted octanol–water partition coefficient (Wildman–Crippen LogP) is 3.02. The van der Waals surface area contributed by atoms with Crippen LogP contribution >= 0.6 is 11.6 Å². The molecule has 19 heavy (non-hydrogen) atoms. The van der Waals surface area contributed by atoms with Crippen LogP contribution in [0.4, 0.5) is 0 Å². The van der Waals surface area contributed by atoms with Gasteiger partial charge in [-0.3, -0.25) is 4.79 Å². The molecule has 1 aliphatic heterocycles. The number of aliphatic hydroxyl groups is 1. The van der Waals surface area contributed by atoms with Gasteiger partial charge in [0.05, 0.1) is 5.56 Å². The fourth-order valence-corrected chi connectivity index (χ4v) is 2.30. The number of Topliss-reactive ketones (excluding diaryl/α,β-unsaturated/α-hetero) is 1. The minimum absolute atomic E-state index is 0.318. The van der Waals surface area contributed by atoms with E-state index in [4.69, 9.17) is 16.3 Å². The van der Waals surface area contributed by atoms with E-state index in [0.29, 0.717) is 16.3 Å². The molecule has 0 aliphatic carbocycles. The van der Waals surface area contributed by atoms with Crippen molar-refractivity contribution in [2.24, 2.45) is 0 Å². The van der Waals surface area contributed by atoms with Crippen LogP contribution in [0.2, 0.25) is 5.02 Å². The fraction of sp³-hybridized carbons (Fsp3) is 0.133. The van der Waals surface area contributed by atoms with Crippen molar-refractivity contribution in [2.75, 3.05) is 0 Å². The lowest BCUT2D eigenvalue weighted by molar-refractivity contribution is 0.0216. The number of halogens is 1. The third-order valence-corrected chi connectivity index (χ3v) is 3.41. The van der Waals surface area contributed by atoms with Crippen molar-refractivity contribution >= 4 is 17.4 Å². The summed E-state index contributed by atoms with van der Waals surface area (Å²) in [6, 6.07) is 13.8. The van der Waals surface area contributed by atoms with Crippen LogP contribution in [0, 0.1) is 0 Å². The number of carbonyl (C=O) groups excluding carboxylic acids is 1. The van der Waals surface area contributed by atoms with Gasteiger partial charge in [-0.15, -0.1) is 0 Å². The monoisotopic (exact) mass is 274 g/mol. The van der Waals surface area contributed by atoms with E-state index in [9.17, 15) is 9.90 Å². The molecule has 0 saturated heterocycles. The van der Waals surface area contributed by atoms with Gasteiger partial charge in [-0.05, 0) is 29.8 Å². The summed E-state index contributed by atoms with van der Waals surface area (Å²) in [5.74, 6) is 0.180. The van der Waals surface area contributed by atoms with Crippen LogP contribution in [0.5, 0.6) is 5.75 Å². The molecule has 0 saturated carbocycles. The predicted molar refractivity (Wildman–Crippen MR) is 71.6 cm³/mol. The summed E-state index contributed by atoms with van der Waals surface area (Å²) in [5, 5.41) is 10.7. The third kappa shape index (κ3) is 2.11. The SMILES string of the molecule is O=C1c2ccccc2OC(c2ccc(Cl)cc2)C1O. The highest BCUT2D eigenvalue weighted by Crippen LogP contribution is 2.35. The van der Waals surface area contributed by atoms with Gasteiger partial charge in [0, 0.05) is 5.02 Å². The van der Waals surface area contributed by atoms with Gasteiger partial charge >= 0.3 is 0 Å². The molecule has 0 aromatic heterocycles. The van der Waals surface area contributed by atoms with E-state index in [-0.39, 0.29) is 5.78 Å². The molecule has 0 fully saturated rings. The summed E-state index contributed by atoms with van der Waals surface area (Å²) >= 11 is 5.83. The number of hydrogen-bond donors (Lipinski definition) is 1. The topological polar surface area (TPSA) is 46.5 Å². The summed E-state index contributed by atoms with van der Waals surface area (Å²) in [6.45, 7) is 0. The third-order valence-electron chi connectivity index (χ3n) is 3.16. The summed E-state index contributed by atoms with van der Waals surface area (Å²) < 4.78 is 5.73. The molecule has 1 heterocycles. The molecule has 3 rings (SSSR count). The smallest absolute Gasteiger partial charge is 0.199 e. The highest BCUT2D eigenvalue weighted by Gasteiger charge is 2.36. The Labute approximate surface area is 115 Å². The van der Waals surface area contributed by atoms with Crippen molar-refractivity contribution in [1.82, 2.24) is 0 Å². The van der Waals surface area contributed by atoms with Crippen LogP contribution < -0.4 is 4.74 Å². The van der Waals surface area contributed by atoms with Gasteiger partial charge in [-0.1, -0.05) is 35.9 Å². The second-order valence-corrected chi connectivity index (χ2v) is 4.83. The van der Waals surface area contributed by atoms with Crippen LogP contribution in [0.3, 0.4) is 0 Å². The quantitative estimate of drug-likeness (QED) is 0.869. The van der Waals surface area contributed by atoms with Gasteiger partial charge < -0.3 is 9.84 Å². The molecule has 0 bridgehead atoms. The highest BCUT2D eigenvalue weighted by atomic mass is 35.5. The number of benzene rings is 2. The molecule has 0 spiro atoms. The second kappa shape index (κ2) is 4.68. The Morgan fingerprint density at radius 2 is 1.74 bits per heavy atom. The first-order chi connectivity index (χ1) is 9.16. The van der Waals surface area contributed by atoms with Gasteiger partial charge in [0.2, 0.25) is 0 Å². The maximum absolute atomic E-state index is 12.1. The largest absolute Gasteiger partial charge is 0.482 e. The lowest BCUT2D eigenvalue weighted by Gasteiger charge is -2.29. The normalized spacial score (nSPS) is 21.7. The number of fused-ring (bicyclic) bond motifs is 1. The number of carbonyl (C=O) groups is 1. The van der Waals surface area contributed by atoms with Crippen molar-refractivity contribution in [3.63, 3.8) is 0 Å². The zero-order valence-corrected chi connectivity index (χ0v) is 10.7. The standard InChI is InChI=1S/C15H11ClO3/c16-10-7-5-9(6-8-10)15-14(18)13(17)11-3-1-2-4-12(11)19-15/h1-8,14-15,18H. The van der Waals surface area contributed by atoms with Gasteiger partial charge in [0.25, 0.3) is 0 Å². The Morgan fingerprint density at radius 1 is 1.05 bits per heavy atom. The molecule has 1 N–H and O–H groups in total. The van der Waals surface area contributed by atoms with E-state index >= 15 is 0 Å². The maximum atomic E-state index is 12.1. The zero-order valence-electron chi connectivity index (χ0n) is 9.92. The minimum atomic E-state index is -1.20. The molecular weight excluding hydrogens is 264 g/mol. The molecule has 4 heteroatoms. The van der Waals surface area contributed by atoms with Crippen molar-refractivity contribution in [1.29, 1.82) is 0 Å². The second-order valence-electron chi connectivity index (χ2n) is 4.40. The lowest BCUT2D eigenvalue weighted by Crippen LogP contribution is -2.36. The van der Waals surface area contributed by atoms with E-state index in [0.717, 1.165) is 5.56 Å². The van der Waals surface area contributed by atoms with Crippen LogP contribution in [0.1, 0.15) is 22.0 Å². The van der Waals surface area contributed by atoms with E-state index in [1.54, 1.807) is 48.5 Å². The molecule has 96 valence electrons. The van der Waals surface area contributed by atoms with Crippen molar-refractivity contribution in [2.45, 2.75) is 12.2 Å². The maximum Gasteiger partial charge on any atom is 0.199 e. The Bertz CT molecular complexity index is 622. The molecule has 0 amide bonds. The summed E-state index contributed by atoms with van der Waals surface area (Å²) in [4.78, 5) is 12.1. The number of hydrogen-bond acceptors (Lipinski definition) is 3. The lowest BCUT2D eigenvalue weighted by atomic mass is 9.94. The average molecular weight is 275 g/mol. The number of aliphatic hydroxyl groups excluding tert-OH is 1. The van der Waals surface area contributed by atoms with Crippen LogP contribution in [0.15, 0.2) is 48.5 Å². The van der Waals surface area contributed by atoms with E-state index in [2.05, 4.69) is 0 Å².